The molecule has 1 amide bonds. The summed E-state index contributed by atoms with van der Waals surface area (Å²) in [5, 5.41) is 2.06. The Morgan fingerprint density at radius 2 is 2.00 bits per heavy atom. The van der Waals surface area contributed by atoms with E-state index in [1.54, 1.807) is 16.2 Å². The maximum absolute atomic E-state index is 12.1. The quantitative estimate of drug-likeness (QED) is 0.831. The molecule has 0 spiro atoms. The van der Waals surface area contributed by atoms with E-state index in [4.69, 9.17) is 5.73 Å². The van der Waals surface area contributed by atoms with Gasteiger partial charge in [-0.1, -0.05) is 24.3 Å². The van der Waals surface area contributed by atoms with Crippen LogP contribution in [0.4, 0.5) is 5.69 Å². The molecule has 20 heavy (non-hydrogen) atoms. The number of thiophene rings is 1. The van der Waals surface area contributed by atoms with Gasteiger partial charge in [-0.15, -0.1) is 11.3 Å². The second-order valence-corrected chi connectivity index (χ2v) is 5.88. The van der Waals surface area contributed by atoms with E-state index in [-0.39, 0.29) is 5.91 Å². The number of nitrogens with two attached hydrogens (primary N) is 1. The van der Waals surface area contributed by atoms with E-state index in [0.29, 0.717) is 12.8 Å². The van der Waals surface area contributed by atoms with Crippen LogP contribution in [-0.4, -0.2) is 24.4 Å². The second-order valence-electron chi connectivity index (χ2n) is 4.84. The smallest absolute Gasteiger partial charge is 0.222 e. The van der Waals surface area contributed by atoms with Crippen LogP contribution >= 0.6 is 11.3 Å². The molecule has 2 rings (SSSR count). The summed E-state index contributed by atoms with van der Waals surface area (Å²) in [5.74, 6) is 0.171. The topological polar surface area (TPSA) is 46.3 Å². The number of aryl methyl sites for hydroxylation is 1. The Morgan fingerprint density at radius 3 is 2.70 bits per heavy atom. The Bertz CT molecular complexity index is 551. The Kier molecular flexibility index (Phi) is 5.18. The van der Waals surface area contributed by atoms with Crippen LogP contribution in [0.5, 0.6) is 0 Å². The van der Waals surface area contributed by atoms with Crippen LogP contribution in [0.2, 0.25) is 0 Å². The van der Waals surface area contributed by atoms with E-state index in [0.717, 1.165) is 24.2 Å². The molecule has 4 heteroatoms. The van der Waals surface area contributed by atoms with Crippen LogP contribution in [-0.2, 0) is 17.6 Å². The van der Waals surface area contributed by atoms with E-state index in [9.17, 15) is 4.79 Å². The number of hydrogen-bond donors (Lipinski definition) is 1. The van der Waals surface area contributed by atoms with Crippen LogP contribution in [0.15, 0.2) is 41.8 Å². The molecule has 0 saturated heterocycles. The van der Waals surface area contributed by atoms with Gasteiger partial charge in [0.05, 0.1) is 0 Å². The van der Waals surface area contributed by atoms with Crippen LogP contribution in [0.1, 0.15) is 16.9 Å². The summed E-state index contributed by atoms with van der Waals surface area (Å²) in [6.07, 6.45) is 2.14. The van der Waals surface area contributed by atoms with Gasteiger partial charge < -0.3 is 10.6 Å². The van der Waals surface area contributed by atoms with Crippen molar-refractivity contribution in [3.63, 3.8) is 0 Å². The van der Waals surface area contributed by atoms with Gasteiger partial charge in [-0.3, -0.25) is 4.79 Å². The molecule has 1 heterocycles. The first-order valence-electron chi connectivity index (χ1n) is 6.76. The molecule has 0 aliphatic rings. The van der Waals surface area contributed by atoms with Crippen LogP contribution in [0, 0.1) is 0 Å². The number of likely N-dealkylation sites (N-methyl/N-ethyl adjacent to an activating group) is 1. The molecular weight excluding hydrogens is 268 g/mol. The molecule has 1 aromatic heterocycles. The van der Waals surface area contributed by atoms with Gasteiger partial charge in [0.15, 0.2) is 0 Å². The summed E-state index contributed by atoms with van der Waals surface area (Å²) >= 11 is 1.73. The SMILES string of the molecule is CN(CCc1cccs1)C(=O)CCc1ccccc1N. The largest absolute Gasteiger partial charge is 0.399 e. The van der Waals surface area contributed by atoms with Crippen molar-refractivity contribution in [3.05, 3.63) is 52.2 Å². The lowest BCUT2D eigenvalue weighted by Gasteiger charge is -2.17. The van der Waals surface area contributed by atoms with Gasteiger partial charge in [0.1, 0.15) is 0 Å². The van der Waals surface area contributed by atoms with E-state index >= 15 is 0 Å². The lowest BCUT2D eigenvalue weighted by atomic mass is 10.1. The highest BCUT2D eigenvalue weighted by Gasteiger charge is 2.10. The van der Waals surface area contributed by atoms with Crippen molar-refractivity contribution >= 4 is 22.9 Å². The maximum atomic E-state index is 12.1. The summed E-state index contributed by atoms with van der Waals surface area (Å²) in [6, 6.07) is 11.9. The van der Waals surface area contributed by atoms with Gasteiger partial charge in [0.25, 0.3) is 0 Å². The standard InChI is InChI=1S/C16H20N2OS/c1-18(11-10-14-6-4-12-20-14)16(19)9-8-13-5-2-3-7-15(13)17/h2-7,12H,8-11,17H2,1H3. The molecule has 0 radical (unpaired) electrons. The van der Waals surface area contributed by atoms with Crippen molar-refractivity contribution in [2.45, 2.75) is 19.3 Å². The highest BCUT2D eigenvalue weighted by atomic mass is 32.1. The highest BCUT2D eigenvalue weighted by Crippen LogP contribution is 2.14. The minimum Gasteiger partial charge on any atom is -0.399 e. The predicted molar refractivity (Wildman–Crippen MR) is 84.8 cm³/mol. The summed E-state index contributed by atoms with van der Waals surface area (Å²) in [4.78, 5) is 15.2. The number of nitrogen functional groups attached to an aromatic ring is 1. The fourth-order valence-corrected chi connectivity index (χ4v) is 2.75. The molecule has 0 aliphatic carbocycles. The third-order valence-electron chi connectivity index (χ3n) is 3.36. The molecule has 106 valence electrons. The van der Waals surface area contributed by atoms with E-state index in [1.165, 1.54) is 4.88 Å². The molecule has 0 bridgehead atoms. The van der Waals surface area contributed by atoms with Gasteiger partial charge in [0, 0.05) is 30.6 Å². The van der Waals surface area contributed by atoms with Crippen molar-refractivity contribution in [1.29, 1.82) is 0 Å². The van der Waals surface area contributed by atoms with Crippen molar-refractivity contribution in [2.24, 2.45) is 0 Å². The molecule has 1 aromatic carbocycles. The predicted octanol–water partition coefficient (Wildman–Crippen LogP) is 2.96. The Morgan fingerprint density at radius 1 is 1.20 bits per heavy atom. The fraction of sp³-hybridized carbons (Fsp3) is 0.312. The van der Waals surface area contributed by atoms with Crippen molar-refractivity contribution < 1.29 is 4.79 Å². The lowest BCUT2D eigenvalue weighted by molar-refractivity contribution is -0.129. The third-order valence-corrected chi connectivity index (χ3v) is 4.30. The summed E-state index contributed by atoms with van der Waals surface area (Å²) in [5.41, 5.74) is 7.70. The Hall–Kier alpha value is -1.81. The number of carbonyl (C=O) groups excluding carboxylic acids is 1. The maximum Gasteiger partial charge on any atom is 0.222 e. The van der Waals surface area contributed by atoms with Gasteiger partial charge in [-0.05, 0) is 35.9 Å². The zero-order valence-corrected chi connectivity index (χ0v) is 12.5. The van der Waals surface area contributed by atoms with Crippen LogP contribution in [0.25, 0.3) is 0 Å². The molecular formula is C16H20N2OS. The molecule has 3 nitrogen and oxygen atoms in total. The van der Waals surface area contributed by atoms with Crippen molar-refractivity contribution in [3.8, 4) is 0 Å². The van der Waals surface area contributed by atoms with E-state index < -0.39 is 0 Å². The first-order valence-corrected chi connectivity index (χ1v) is 7.64. The molecule has 0 unspecified atom stereocenters. The van der Waals surface area contributed by atoms with Crippen LogP contribution in [0.3, 0.4) is 0 Å². The van der Waals surface area contributed by atoms with Crippen LogP contribution < -0.4 is 5.73 Å². The van der Waals surface area contributed by atoms with Gasteiger partial charge in [0.2, 0.25) is 5.91 Å². The third kappa shape index (κ3) is 4.10. The molecule has 2 aromatic rings. The monoisotopic (exact) mass is 288 g/mol. The molecule has 0 aliphatic heterocycles. The average Bonchev–Trinajstić information content (AvgIpc) is 2.97. The van der Waals surface area contributed by atoms with Gasteiger partial charge in [-0.25, -0.2) is 0 Å². The first-order chi connectivity index (χ1) is 9.66. The molecule has 2 N–H and O–H groups in total. The summed E-state index contributed by atoms with van der Waals surface area (Å²) in [6.45, 7) is 0.767. The normalized spacial score (nSPS) is 10.4. The fourth-order valence-electron chi connectivity index (χ4n) is 2.05. The Labute approximate surface area is 124 Å². The van der Waals surface area contributed by atoms with Gasteiger partial charge >= 0.3 is 0 Å². The first kappa shape index (κ1) is 14.6. The number of nitrogens with zero attached hydrogens (tertiary/aromatic N) is 1. The number of anilines is 1. The minimum atomic E-state index is 0.171. The number of amides is 1. The van der Waals surface area contributed by atoms with Crippen molar-refractivity contribution in [1.82, 2.24) is 4.90 Å². The number of benzene rings is 1. The second kappa shape index (κ2) is 7.10. The average molecular weight is 288 g/mol. The van der Waals surface area contributed by atoms with Crippen molar-refractivity contribution in [2.75, 3.05) is 19.3 Å². The summed E-state index contributed by atoms with van der Waals surface area (Å²) in [7, 11) is 1.87. The number of para-hydroxylation sites is 1. The number of rotatable bonds is 6. The molecule has 0 fully saturated rings. The lowest BCUT2D eigenvalue weighted by Crippen LogP contribution is -2.28. The Balaban J connectivity index is 1.78. The highest BCUT2D eigenvalue weighted by molar-refractivity contribution is 7.09. The zero-order chi connectivity index (χ0) is 14.4. The van der Waals surface area contributed by atoms with E-state index in [1.807, 2.05) is 37.4 Å². The molecule has 0 atom stereocenters. The number of hydrogen-bond acceptors (Lipinski definition) is 3. The summed E-state index contributed by atoms with van der Waals surface area (Å²) < 4.78 is 0. The number of carbonyl (C=O) groups is 1. The minimum absolute atomic E-state index is 0.171. The zero-order valence-electron chi connectivity index (χ0n) is 11.7. The van der Waals surface area contributed by atoms with Gasteiger partial charge in [-0.2, -0.15) is 0 Å². The van der Waals surface area contributed by atoms with E-state index in [2.05, 4.69) is 11.4 Å². The molecule has 0 saturated carbocycles.